The maximum absolute atomic E-state index is 13.8. The Morgan fingerprint density at radius 2 is 1.81 bits per heavy atom. The molecule has 1 aliphatic heterocycles. The van der Waals surface area contributed by atoms with E-state index < -0.39 is 5.41 Å². The summed E-state index contributed by atoms with van der Waals surface area (Å²) in [6, 6.07) is 12.6. The van der Waals surface area contributed by atoms with E-state index in [0.29, 0.717) is 43.8 Å². The van der Waals surface area contributed by atoms with Crippen molar-refractivity contribution in [1.29, 1.82) is 0 Å². The van der Waals surface area contributed by atoms with E-state index in [1.807, 2.05) is 24.3 Å². The lowest BCUT2D eigenvalue weighted by Crippen LogP contribution is -2.50. The highest BCUT2D eigenvalue weighted by Gasteiger charge is 2.41. The lowest BCUT2D eigenvalue weighted by molar-refractivity contribution is -0.137. The number of hydrogen-bond acceptors (Lipinski definition) is 4. The summed E-state index contributed by atoms with van der Waals surface area (Å²) in [5, 5.41) is 13.0. The molecule has 2 aromatic rings. The fraction of sp³-hybridized carbons (Fsp3) is 0.500. The Bertz CT molecular complexity index is 916. The topological polar surface area (TPSA) is 67.8 Å². The van der Waals surface area contributed by atoms with E-state index in [4.69, 9.17) is 9.47 Å². The van der Waals surface area contributed by atoms with Crippen LogP contribution in [0.2, 0.25) is 0 Å². The molecule has 1 saturated carbocycles. The molecule has 5 nitrogen and oxygen atoms in total. The second-order valence-electron chi connectivity index (χ2n) is 9.09. The van der Waals surface area contributed by atoms with Crippen LogP contribution in [0.15, 0.2) is 42.5 Å². The first kappa shape index (κ1) is 22.7. The molecule has 0 aromatic heterocycles. The summed E-state index contributed by atoms with van der Waals surface area (Å²) in [6.07, 6.45) is 4.90. The molecule has 2 fully saturated rings. The quantitative estimate of drug-likeness (QED) is 0.703. The number of halogens is 1. The normalized spacial score (nSPS) is 22.8. The molecule has 0 unspecified atom stereocenters. The molecule has 1 saturated heterocycles. The van der Waals surface area contributed by atoms with Crippen LogP contribution in [0.5, 0.6) is 5.75 Å². The Labute approximate surface area is 188 Å². The maximum atomic E-state index is 13.8. The minimum atomic E-state index is -0.494. The monoisotopic (exact) mass is 441 g/mol. The molecule has 172 valence electrons. The summed E-state index contributed by atoms with van der Waals surface area (Å²) in [5.41, 5.74) is 2.15. The van der Waals surface area contributed by atoms with Gasteiger partial charge >= 0.3 is 0 Å². The van der Waals surface area contributed by atoms with Gasteiger partial charge in [-0.15, -0.1) is 0 Å². The molecule has 0 bridgehead atoms. The Hall–Kier alpha value is -2.44. The molecule has 1 amide bonds. The third-order valence-corrected chi connectivity index (χ3v) is 6.93. The summed E-state index contributed by atoms with van der Waals surface area (Å²) in [4.78, 5) is 13.4. The highest BCUT2D eigenvalue weighted by atomic mass is 19.1. The van der Waals surface area contributed by atoms with Crippen molar-refractivity contribution < 1.29 is 23.8 Å². The molecule has 2 N–H and O–H groups in total. The first-order chi connectivity index (χ1) is 15.5. The van der Waals surface area contributed by atoms with Crippen molar-refractivity contribution in [2.75, 3.05) is 20.3 Å². The summed E-state index contributed by atoms with van der Waals surface area (Å²) in [5.74, 6) is 0.410. The number of carbonyl (C=O) groups is 1. The lowest BCUT2D eigenvalue weighted by atomic mass is 9.74. The Morgan fingerprint density at radius 3 is 2.47 bits per heavy atom. The van der Waals surface area contributed by atoms with Gasteiger partial charge in [-0.05, 0) is 74.3 Å². The van der Waals surface area contributed by atoms with Crippen LogP contribution in [-0.2, 0) is 16.0 Å². The molecule has 4 rings (SSSR count). The maximum Gasteiger partial charge on any atom is 0.226 e. The number of carbonyl (C=O) groups excluding carboxylic acids is 1. The van der Waals surface area contributed by atoms with Gasteiger partial charge in [-0.25, -0.2) is 4.39 Å². The van der Waals surface area contributed by atoms with Gasteiger partial charge in [0.1, 0.15) is 11.6 Å². The molecular weight excluding hydrogens is 409 g/mol. The van der Waals surface area contributed by atoms with Crippen LogP contribution in [0.25, 0.3) is 11.1 Å². The molecule has 1 aliphatic carbocycles. The third-order valence-electron chi connectivity index (χ3n) is 6.93. The molecule has 0 radical (unpaired) electrons. The number of rotatable bonds is 6. The largest absolute Gasteiger partial charge is 0.496 e. The minimum Gasteiger partial charge on any atom is -0.496 e. The van der Waals surface area contributed by atoms with Crippen LogP contribution < -0.4 is 10.1 Å². The zero-order chi connectivity index (χ0) is 22.6. The SMILES string of the molecule is COc1ccc(F)cc1-c1ccc(CC2(C(=O)NC3CCC(O)CC3)CCOCC2)cc1. The predicted molar refractivity (Wildman–Crippen MR) is 121 cm³/mol. The Kier molecular flexibility index (Phi) is 7.11. The minimum absolute atomic E-state index is 0.0954. The van der Waals surface area contributed by atoms with E-state index in [-0.39, 0.29) is 23.9 Å². The van der Waals surface area contributed by atoms with Crippen molar-refractivity contribution in [1.82, 2.24) is 5.32 Å². The first-order valence-electron chi connectivity index (χ1n) is 11.5. The molecular formula is C26H32FNO4. The van der Waals surface area contributed by atoms with Crippen molar-refractivity contribution in [2.45, 2.75) is 57.1 Å². The second-order valence-corrected chi connectivity index (χ2v) is 9.09. The number of hydrogen-bond donors (Lipinski definition) is 2. The van der Waals surface area contributed by atoms with Crippen LogP contribution in [0, 0.1) is 11.2 Å². The number of methoxy groups -OCH3 is 1. The van der Waals surface area contributed by atoms with E-state index >= 15 is 0 Å². The van der Waals surface area contributed by atoms with Crippen molar-refractivity contribution in [3.8, 4) is 16.9 Å². The van der Waals surface area contributed by atoms with Gasteiger partial charge in [-0.2, -0.15) is 0 Å². The zero-order valence-corrected chi connectivity index (χ0v) is 18.6. The van der Waals surface area contributed by atoms with Crippen molar-refractivity contribution in [2.24, 2.45) is 5.41 Å². The average Bonchev–Trinajstić information content (AvgIpc) is 2.81. The number of ether oxygens (including phenoxy) is 2. The molecule has 0 spiro atoms. The number of aliphatic hydroxyl groups excluding tert-OH is 1. The molecule has 32 heavy (non-hydrogen) atoms. The molecule has 6 heteroatoms. The lowest BCUT2D eigenvalue weighted by Gasteiger charge is -2.38. The number of aliphatic hydroxyl groups is 1. The Balaban J connectivity index is 1.50. The van der Waals surface area contributed by atoms with Crippen LogP contribution in [0.4, 0.5) is 4.39 Å². The van der Waals surface area contributed by atoms with Gasteiger partial charge in [0.25, 0.3) is 0 Å². The van der Waals surface area contributed by atoms with E-state index in [1.54, 1.807) is 13.2 Å². The summed E-state index contributed by atoms with van der Waals surface area (Å²) in [7, 11) is 1.58. The number of amides is 1. The second kappa shape index (κ2) is 10.0. The fourth-order valence-corrected chi connectivity index (χ4v) is 4.90. The highest BCUT2D eigenvalue weighted by Crippen LogP contribution is 2.37. The molecule has 0 atom stereocenters. The van der Waals surface area contributed by atoms with E-state index in [0.717, 1.165) is 36.8 Å². The standard InChI is InChI=1S/C26H32FNO4/c1-31-24-11-6-20(27)16-23(24)19-4-2-18(3-5-19)17-26(12-14-32-15-13-26)25(30)28-21-7-9-22(29)10-8-21/h2-6,11,16,21-22,29H,7-10,12-15,17H2,1H3,(H,28,30). The van der Waals surface area contributed by atoms with Crippen molar-refractivity contribution in [3.63, 3.8) is 0 Å². The van der Waals surface area contributed by atoms with E-state index in [2.05, 4.69) is 5.32 Å². The van der Waals surface area contributed by atoms with Crippen LogP contribution in [0.3, 0.4) is 0 Å². The van der Waals surface area contributed by atoms with Gasteiger partial charge in [-0.1, -0.05) is 24.3 Å². The summed E-state index contributed by atoms with van der Waals surface area (Å²) < 4.78 is 24.7. The number of nitrogens with one attached hydrogen (secondary N) is 1. The van der Waals surface area contributed by atoms with Gasteiger partial charge in [0.15, 0.2) is 0 Å². The zero-order valence-electron chi connectivity index (χ0n) is 18.6. The van der Waals surface area contributed by atoms with Gasteiger partial charge in [0.2, 0.25) is 5.91 Å². The third kappa shape index (κ3) is 5.13. The van der Waals surface area contributed by atoms with Crippen LogP contribution in [-0.4, -0.2) is 43.5 Å². The summed E-state index contributed by atoms with van der Waals surface area (Å²) in [6.45, 7) is 1.16. The number of benzene rings is 2. The first-order valence-corrected chi connectivity index (χ1v) is 11.5. The molecule has 2 aliphatic rings. The predicted octanol–water partition coefficient (Wildman–Crippen LogP) is 4.26. The van der Waals surface area contributed by atoms with Gasteiger partial charge in [-0.3, -0.25) is 4.79 Å². The highest BCUT2D eigenvalue weighted by molar-refractivity contribution is 5.83. The van der Waals surface area contributed by atoms with Crippen molar-refractivity contribution >= 4 is 5.91 Å². The van der Waals surface area contributed by atoms with E-state index in [1.165, 1.54) is 12.1 Å². The van der Waals surface area contributed by atoms with Crippen LogP contribution >= 0.6 is 0 Å². The summed E-state index contributed by atoms with van der Waals surface area (Å²) >= 11 is 0. The van der Waals surface area contributed by atoms with Gasteiger partial charge in [0.05, 0.1) is 18.6 Å². The van der Waals surface area contributed by atoms with Crippen molar-refractivity contribution in [3.05, 3.63) is 53.8 Å². The van der Waals surface area contributed by atoms with Crippen LogP contribution in [0.1, 0.15) is 44.1 Å². The van der Waals surface area contributed by atoms with Gasteiger partial charge in [0, 0.05) is 24.8 Å². The van der Waals surface area contributed by atoms with E-state index in [9.17, 15) is 14.3 Å². The molecule has 1 heterocycles. The smallest absolute Gasteiger partial charge is 0.226 e. The Morgan fingerprint density at radius 1 is 1.12 bits per heavy atom. The fourth-order valence-electron chi connectivity index (χ4n) is 4.90. The molecule has 2 aromatic carbocycles. The average molecular weight is 442 g/mol. The van der Waals surface area contributed by atoms with Gasteiger partial charge < -0.3 is 19.9 Å².